The molecule has 1 amide bonds. The molecule has 208 valence electrons. The van der Waals surface area contributed by atoms with Crippen LogP contribution in [0.3, 0.4) is 0 Å². The number of aromatic nitrogens is 4. The average molecular weight is 586 g/mol. The van der Waals surface area contributed by atoms with Crippen LogP contribution in [0.25, 0.3) is 10.9 Å². The van der Waals surface area contributed by atoms with Gasteiger partial charge in [-0.3, -0.25) is 19.1 Å². The number of nitrogens with zero attached hydrogens (tertiary/aromatic N) is 5. The number of hydrogen-bond acceptors (Lipinski definition) is 9. The number of carbonyl (C=O) groups excluding carboxylic acids is 1. The van der Waals surface area contributed by atoms with E-state index in [9.17, 15) is 22.4 Å². The topological polar surface area (TPSA) is 139 Å². The predicted octanol–water partition coefficient (Wildman–Crippen LogP) is 3.21. The van der Waals surface area contributed by atoms with Crippen LogP contribution in [0.5, 0.6) is 0 Å². The molecule has 4 heterocycles. The molecule has 11 nitrogen and oxygen atoms in total. The van der Waals surface area contributed by atoms with E-state index in [1.807, 2.05) is 9.62 Å². The molecule has 0 saturated heterocycles. The zero-order valence-electron chi connectivity index (χ0n) is 22.0. The minimum absolute atomic E-state index is 0.00252. The smallest absolute Gasteiger partial charge is 0.285 e. The molecule has 1 atom stereocenters. The maximum Gasteiger partial charge on any atom is 0.285 e. The van der Waals surface area contributed by atoms with Gasteiger partial charge in [-0.05, 0) is 55.3 Å². The summed E-state index contributed by atoms with van der Waals surface area (Å²) in [6.07, 6.45) is 0.854. The van der Waals surface area contributed by atoms with Crippen LogP contribution < -0.4 is 20.5 Å². The fourth-order valence-corrected chi connectivity index (χ4v) is 5.33. The molecule has 0 radical (unpaired) electrons. The summed E-state index contributed by atoms with van der Waals surface area (Å²) < 4.78 is 40.4. The molecular weight excluding hydrogens is 561 g/mol. The summed E-state index contributed by atoms with van der Waals surface area (Å²) in [6.45, 7) is 4.36. The van der Waals surface area contributed by atoms with Gasteiger partial charge in [0.05, 0.1) is 29.1 Å². The van der Waals surface area contributed by atoms with Gasteiger partial charge in [0, 0.05) is 25.8 Å². The number of fused-ring (bicyclic) bond motifs is 2. The number of sulfonamides is 1. The Morgan fingerprint density at radius 2 is 1.82 bits per heavy atom. The standard InChI is InChI=1S/C26H25ClFN7O4S/c1-13-9-18-22(32-26(34(3)25(18)37)35-11-15-5-6-17(28)10-16(15)12-35)21(29-13)14(2)30-19-7-8-20(27)31-23(19)24(36)33-40(4,38)39/h5-10,14,30H,11-12H2,1-4H3,(H,33,36)/t14-/m1/s1. The van der Waals surface area contributed by atoms with Crippen molar-refractivity contribution in [1.29, 1.82) is 0 Å². The van der Waals surface area contributed by atoms with Crippen molar-refractivity contribution < 1.29 is 17.6 Å². The second-order valence-electron chi connectivity index (χ2n) is 9.69. The Hall–Kier alpha value is -4.10. The molecule has 0 fully saturated rings. The minimum atomic E-state index is -3.86. The monoisotopic (exact) mass is 585 g/mol. The number of benzene rings is 1. The molecule has 2 N–H and O–H groups in total. The highest BCUT2D eigenvalue weighted by atomic mass is 35.5. The van der Waals surface area contributed by atoms with Crippen molar-refractivity contribution in [2.24, 2.45) is 7.05 Å². The molecule has 1 aromatic carbocycles. The number of carbonyl (C=O) groups is 1. The summed E-state index contributed by atoms with van der Waals surface area (Å²) in [5, 5.41) is 3.49. The molecule has 0 saturated carbocycles. The maximum atomic E-state index is 13.8. The van der Waals surface area contributed by atoms with Crippen molar-refractivity contribution in [2.45, 2.75) is 33.0 Å². The van der Waals surface area contributed by atoms with Crippen LogP contribution in [-0.4, -0.2) is 40.1 Å². The number of halogens is 2. The zero-order chi connectivity index (χ0) is 28.9. The predicted molar refractivity (Wildman–Crippen MR) is 149 cm³/mol. The van der Waals surface area contributed by atoms with E-state index in [1.54, 1.807) is 33.0 Å². The quantitative estimate of drug-likeness (QED) is 0.326. The van der Waals surface area contributed by atoms with Crippen molar-refractivity contribution in [3.05, 3.63) is 85.9 Å². The third kappa shape index (κ3) is 5.34. The molecule has 14 heteroatoms. The molecular formula is C26H25ClFN7O4S. The van der Waals surface area contributed by atoms with E-state index in [0.717, 1.165) is 17.4 Å². The Bertz CT molecular complexity index is 1860. The van der Waals surface area contributed by atoms with E-state index in [-0.39, 0.29) is 27.9 Å². The van der Waals surface area contributed by atoms with Crippen LogP contribution >= 0.6 is 11.6 Å². The molecule has 0 bridgehead atoms. The van der Waals surface area contributed by atoms with Gasteiger partial charge in [0.15, 0.2) is 5.69 Å². The van der Waals surface area contributed by atoms with Gasteiger partial charge in [0.25, 0.3) is 11.5 Å². The van der Waals surface area contributed by atoms with E-state index >= 15 is 0 Å². The van der Waals surface area contributed by atoms with E-state index in [1.165, 1.54) is 28.8 Å². The van der Waals surface area contributed by atoms with Crippen molar-refractivity contribution in [3.8, 4) is 0 Å². The molecule has 0 spiro atoms. The molecule has 1 aliphatic heterocycles. The number of aryl methyl sites for hydroxylation is 1. The lowest BCUT2D eigenvalue weighted by Gasteiger charge is -2.22. The van der Waals surface area contributed by atoms with E-state index in [4.69, 9.17) is 16.6 Å². The van der Waals surface area contributed by atoms with Crippen LogP contribution in [0.15, 0.2) is 41.2 Å². The lowest BCUT2D eigenvalue weighted by atomic mass is 10.1. The molecule has 40 heavy (non-hydrogen) atoms. The first-order chi connectivity index (χ1) is 18.8. The minimum Gasteiger partial charge on any atom is -0.375 e. The van der Waals surface area contributed by atoms with Crippen LogP contribution in [0.1, 0.15) is 46.0 Å². The molecule has 5 rings (SSSR count). The number of rotatable bonds is 6. The number of amides is 1. The Morgan fingerprint density at radius 1 is 1.10 bits per heavy atom. The lowest BCUT2D eigenvalue weighted by Crippen LogP contribution is -2.31. The van der Waals surface area contributed by atoms with Crippen LogP contribution in [0.2, 0.25) is 5.15 Å². The number of hydrogen-bond donors (Lipinski definition) is 2. The third-order valence-electron chi connectivity index (χ3n) is 6.50. The van der Waals surface area contributed by atoms with Gasteiger partial charge in [-0.2, -0.15) is 0 Å². The first-order valence-electron chi connectivity index (χ1n) is 12.2. The second kappa shape index (κ2) is 10.1. The largest absolute Gasteiger partial charge is 0.375 e. The van der Waals surface area contributed by atoms with E-state index in [0.29, 0.717) is 41.3 Å². The highest BCUT2D eigenvalue weighted by molar-refractivity contribution is 7.89. The van der Waals surface area contributed by atoms with Crippen molar-refractivity contribution >= 4 is 50.1 Å². The van der Waals surface area contributed by atoms with Crippen molar-refractivity contribution in [2.75, 3.05) is 16.5 Å². The van der Waals surface area contributed by atoms with Gasteiger partial charge >= 0.3 is 0 Å². The Labute approximate surface area is 234 Å². The van der Waals surface area contributed by atoms with Gasteiger partial charge < -0.3 is 10.2 Å². The summed E-state index contributed by atoms with van der Waals surface area (Å²) >= 11 is 5.99. The van der Waals surface area contributed by atoms with Crippen LogP contribution in [0, 0.1) is 12.7 Å². The van der Waals surface area contributed by atoms with Crippen LogP contribution in [0.4, 0.5) is 16.0 Å². The fourth-order valence-electron chi connectivity index (χ4n) is 4.75. The normalized spacial score (nSPS) is 13.8. The summed E-state index contributed by atoms with van der Waals surface area (Å²) in [5.41, 5.74) is 2.84. The van der Waals surface area contributed by atoms with Crippen LogP contribution in [-0.2, 0) is 30.2 Å². The summed E-state index contributed by atoms with van der Waals surface area (Å²) in [5.74, 6) is -0.889. The SMILES string of the molecule is Cc1cc2c(=O)n(C)c(N3Cc4ccc(F)cc4C3)nc2c([C@@H](C)Nc2ccc(Cl)nc2C(=O)NS(C)(=O)=O)n1. The van der Waals surface area contributed by atoms with Gasteiger partial charge in [-0.25, -0.2) is 27.5 Å². The van der Waals surface area contributed by atoms with Gasteiger partial charge in [0.2, 0.25) is 16.0 Å². The van der Waals surface area contributed by atoms with Gasteiger partial charge in [0.1, 0.15) is 16.5 Å². The van der Waals surface area contributed by atoms with Gasteiger partial charge in [-0.1, -0.05) is 17.7 Å². The Balaban J connectivity index is 1.56. The van der Waals surface area contributed by atoms with Crippen molar-refractivity contribution in [1.82, 2.24) is 24.2 Å². The first kappa shape index (κ1) is 27.5. The molecule has 1 aliphatic rings. The lowest BCUT2D eigenvalue weighted by molar-refractivity contribution is 0.0977. The summed E-state index contributed by atoms with van der Waals surface area (Å²) in [7, 11) is -2.22. The number of nitrogens with one attached hydrogen (secondary N) is 2. The molecule has 0 unspecified atom stereocenters. The second-order valence-corrected chi connectivity index (χ2v) is 11.8. The highest BCUT2D eigenvalue weighted by Crippen LogP contribution is 2.30. The molecule has 0 aliphatic carbocycles. The van der Waals surface area contributed by atoms with E-state index < -0.39 is 22.0 Å². The summed E-state index contributed by atoms with van der Waals surface area (Å²) in [4.78, 5) is 41.5. The van der Waals surface area contributed by atoms with Crippen molar-refractivity contribution in [3.63, 3.8) is 0 Å². The Morgan fingerprint density at radius 3 is 2.55 bits per heavy atom. The Kier molecular flexibility index (Phi) is 6.96. The van der Waals surface area contributed by atoms with E-state index in [2.05, 4.69) is 15.3 Å². The third-order valence-corrected chi connectivity index (χ3v) is 7.27. The van der Waals surface area contributed by atoms with Gasteiger partial charge in [-0.15, -0.1) is 0 Å². The number of pyridine rings is 2. The zero-order valence-corrected chi connectivity index (χ0v) is 23.6. The maximum absolute atomic E-state index is 13.8. The molecule has 4 aromatic rings. The highest BCUT2D eigenvalue weighted by Gasteiger charge is 2.26. The average Bonchev–Trinajstić information content (AvgIpc) is 3.28. The first-order valence-corrected chi connectivity index (χ1v) is 14.4. The fraction of sp³-hybridized carbons (Fsp3) is 0.269. The number of anilines is 2. The summed E-state index contributed by atoms with van der Waals surface area (Å²) in [6, 6.07) is 8.62. The molecule has 3 aromatic heterocycles.